The zero-order valence-electron chi connectivity index (χ0n) is 20.3. The molecule has 2 aromatic rings. The lowest BCUT2D eigenvalue weighted by molar-refractivity contribution is -0.181. The highest BCUT2D eigenvalue weighted by molar-refractivity contribution is 6.05. The molecule has 0 spiro atoms. The molecular weight excluding hydrogens is 448 g/mol. The van der Waals surface area contributed by atoms with E-state index in [1.807, 2.05) is 25.1 Å². The summed E-state index contributed by atoms with van der Waals surface area (Å²) >= 11 is 0. The van der Waals surface area contributed by atoms with E-state index in [2.05, 4.69) is 20.3 Å². The van der Waals surface area contributed by atoms with Gasteiger partial charge in [0, 0.05) is 62.7 Å². The number of nitrogens with one attached hydrogen (secondary N) is 1. The van der Waals surface area contributed by atoms with Gasteiger partial charge in [0.15, 0.2) is 0 Å². The van der Waals surface area contributed by atoms with Crippen molar-refractivity contribution in [3.63, 3.8) is 0 Å². The number of rotatable bonds is 9. The van der Waals surface area contributed by atoms with E-state index in [9.17, 15) is 9.59 Å². The maximum absolute atomic E-state index is 13.3. The molecule has 1 aromatic heterocycles. The van der Waals surface area contributed by atoms with Gasteiger partial charge in [-0.25, -0.2) is 24.8 Å². The molecule has 0 aliphatic carbocycles. The first kappa shape index (κ1) is 25.8. The molecule has 2 heterocycles. The van der Waals surface area contributed by atoms with Crippen molar-refractivity contribution in [3.05, 3.63) is 47.6 Å². The Bertz CT molecular complexity index is 1110. The summed E-state index contributed by atoms with van der Waals surface area (Å²) in [6, 6.07) is 5.47. The summed E-state index contributed by atoms with van der Waals surface area (Å²) in [5.41, 5.74) is 15.3. The van der Waals surface area contributed by atoms with Crippen LogP contribution >= 0.6 is 0 Å². The monoisotopic (exact) mass is 480 g/mol. The quantitative estimate of drug-likeness (QED) is 0.366. The van der Waals surface area contributed by atoms with Crippen molar-refractivity contribution in [2.45, 2.75) is 26.3 Å². The first-order valence-corrected chi connectivity index (χ1v) is 11.4. The van der Waals surface area contributed by atoms with Gasteiger partial charge in [-0.2, -0.15) is 0 Å². The fraction of sp³-hybridized carbons (Fsp3) is 0.375. The van der Waals surface area contributed by atoms with Gasteiger partial charge in [0.05, 0.1) is 18.8 Å². The van der Waals surface area contributed by atoms with Gasteiger partial charge in [0.1, 0.15) is 11.7 Å². The smallest absolute Gasteiger partial charge is 0.316 e. The zero-order chi connectivity index (χ0) is 25.4. The Balaban J connectivity index is 1.78. The lowest BCUT2D eigenvalue weighted by atomic mass is 10.0. The maximum atomic E-state index is 13.3. The molecule has 0 bridgehead atoms. The molecule has 3 rings (SSSR count). The molecule has 0 atom stereocenters. The number of carbonyl (C=O) groups excluding carboxylic acids is 2. The molecule has 1 aliphatic heterocycles. The maximum Gasteiger partial charge on any atom is 0.316 e. The molecule has 11 nitrogen and oxygen atoms in total. The second-order valence-corrected chi connectivity index (χ2v) is 8.18. The SMILES string of the molecule is CCCN(OCCNC(=O)N(C)C)C(=O)C1=Cc2ccc(-c3cnc(CN)nc3)cc2N=C(N)C1. The third-order valence-electron chi connectivity index (χ3n) is 5.18. The van der Waals surface area contributed by atoms with Gasteiger partial charge in [0.2, 0.25) is 0 Å². The van der Waals surface area contributed by atoms with Gasteiger partial charge in [0.25, 0.3) is 5.91 Å². The average molecular weight is 481 g/mol. The normalized spacial score (nSPS) is 12.7. The van der Waals surface area contributed by atoms with E-state index >= 15 is 0 Å². The predicted molar refractivity (Wildman–Crippen MR) is 134 cm³/mol. The number of urea groups is 1. The second-order valence-electron chi connectivity index (χ2n) is 8.18. The highest BCUT2D eigenvalue weighted by atomic mass is 16.7. The fourth-order valence-corrected chi connectivity index (χ4v) is 3.38. The molecule has 3 amide bonds. The van der Waals surface area contributed by atoms with E-state index in [0.717, 1.165) is 16.7 Å². The third-order valence-corrected chi connectivity index (χ3v) is 5.18. The van der Waals surface area contributed by atoms with E-state index in [4.69, 9.17) is 16.3 Å². The number of fused-ring (bicyclic) bond motifs is 1. The number of aromatic nitrogens is 2. The van der Waals surface area contributed by atoms with E-state index in [0.29, 0.717) is 35.9 Å². The zero-order valence-corrected chi connectivity index (χ0v) is 20.3. The number of hydrogen-bond acceptors (Lipinski definition) is 8. The van der Waals surface area contributed by atoms with Crippen LogP contribution in [0.1, 0.15) is 31.2 Å². The van der Waals surface area contributed by atoms with E-state index in [1.165, 1.54) is 9.96 Å². The number of nitrogens with two attached hydrogens (primary N) is 2. The van der Waals surface area contributed by atoms with Crippen molar-refractivity contribution < 1.29 is 14.4 Å². The Morgan fingerprint density at radius 1 is 1.17 bits per heavy atom. The summed E-state index contributed by atoms with van der Waals surface area (Å²) in [6.45, 7) is 3.06. The van der Waals surface area contributed by atoms with Crippen LogP contribution in [0.15, 0.2) is 41.2 Å². The van der Waals surface area contributed by atoms with Crippen molar-refractivity contribution in [1.82, 2.24) is 25.2 Å². The molecule has 1 aromatic carbocycles. The number of aliphatic imine (C=N–C) groups is 1. The molecular formula is C24H32N8O3. The standard InChI is InChI=1S/C24H32N8O3/c1-4-8-32(35-9-7-27-24(34)31(2)3)23(33)18-10-17-6-5-16(11-20(17)30-21(26)12-18)19-14-28-22(13-25)29-15-19/h5-6,10-11,14-15H,4,7-9,12-13,25H2,1-3H3,(H2,26,30)(H,27,34). The van der Waals surface area contributed by atoms with Crippen LogP contribution in [-0.2, 0) is 16.2 Å². The van der Waals surface area contributed by atoms with Crippen LogP contribution in [-0.4, -0.2) is 71.5 Å². The second kappa shape index (κ2) is 12.0. The lowest BCUT2D eigenvalue weighted by Gasteiger charge is -2.23. The Hall–Kier alpha value is -3.83. The molecule has 5 N–H and O–H groups in total. The summed E-state index contributed by atoms with van der Waals surface area (Å²) in [6.07, 6.45) is 6.12. The molecule has 35 heavy (non-hydrogen) atoms. The number of carbonyl (C=O) groups is 2. The lowest BCUT2D eigenvalue weighted by Crippen LogP contribution is -2.39. The van der Waals surface area contributed by atoms with E-state index in [1.54, 1.807) is 32.6 Å². The number of hydrogen-bond donors (Lipinski definition) is 3. The Kier molecular flexibility index (Phi) is 8.87. The highest BCUT2D eigenvalue weighted by Crippen LogP contribution is 2.31. The van der Waals surface area contributed by atoms with Crippen molar-refractivity contribution in [2.75, 3.05) is 33.8 Å². The molecule has 11 heteroatoms. The van der Waals surface area contributed by atoms with E-state index < -0.39 is 0 Å². The summed E-state index contributed by atoms with van der Waals surface area (Å²) in [5.74, 6) is 0.604. The number of nitrogens with zero attached hydrogens (tertiary/aromatic N) is 5. The molecule has 0 saturated heterocycles. The van der Waals surface area contributed by atoms with E-state index in [-0.39, 0.29) is 38.1 Å². The van der Waals surface area contributed by atoms with Gasteiger partial charge in [-0.15, -0.1) is 0 Å². The Morgan fingerprint density at radius 3 is 2.57 bits per heavy atom. The Morgan fingerprint density at radius 2 is 1.91 bits per heavy atom. The first-order chi connectivity index (χ1) is 16.8. The topological polar surface area (TPSA) is 152 Å². The van der Waals surface area contributed by atoms with Gasteiger partial charge >= 0.3 is 6.03 Å². The van der Waals surface area contributed by atoms with Crippen LogP contribution in [0.25, 0.3) is 17.2 Å². The van der Waals surface area contributed by atoms with Gasteiger partial charge in [-0.1, -0.05) is 19.1 Å². The van der Waals surface area contributed by atoms with Crippen molar-refractivity contribution in [1.29, 1.82) is 0 Å². The minimum atomic E-state index is -0.286. The highest BCUT2D eigenvalue weighted by Gasteiger charge is 2.22. The van der Waals surface area contributed by atoms with Crippen LogP contribution in [0.4, 0.5) is 10.5 Å². The molecule has 1 aliphatic rings. The average Bonchev–Trinajstić information content (AvgIpc) is 3.02. The van der Waals surface area contributed by atoms with Crippen LogP contribution in [0.2, 0.25) is 0 Å². The molecule has 0 saturated carbocycles. The van der Waals surface area contributed by atoms with Crippen LogP contribution in [0, 0.1) is 0 Å². The molecule has 186 valence electrons. The summed E-state index contributed by atoms with van der Waals surface area (Å²) in [7, 11) is 3.30. The molecule has 0 radical (unpaired) electrons. The van der Waals surface area contributed by atoms with Gasteiger partial charge in [-0.3, -0.25) is 9.63 Å². The molecule has 0 fully saturated rings. The van der Waals surface area contributed by atoms with Crippen LogP contribution in [0.3, 0.4) is 0 Å². The number of amidine groups is 1. The summed E-state index contributed by atoms with van der Waals surface area (Å²) in [4.78, 5) is 45.1. The fourth-order valence-electron chi connectivity index (χ4n) is 3.38. The first-order valence-electron chi connectivity index (χ1n) is 11.4. The van der Waals surface area contributed by atoms with Crippen molar-refractivity contribution in [3.8, 4) is 11.1 Å². The van der Waals surface area contributed by atoms with Crippen LogP contribution < -0.4 is 16.8 Å². The minimum Gasteiger partial charge on any atom is -0.387 e. The van der Waals surface area contributed by atoms with Gasteiger partial charge < -0.3 is 21.7 Å². The largest absolute Gasteiger partial charge is 0.387 e. The van der Waals surface area contributed by atoms with Crippen molar-refractivity contribution in [2.24, 2.45) is 16.5 Å². The van der Waals surface area contributed by atoms with Gasteiger partial charge in [-0.05, 0) is 24.1 Å². The summed E-state index contributed by atoms with van der Waals surface area (Å²) < 4.78 is 0. The Labute approximate surface area is 204 Å². The number of hydroxylamine groups is 2. The summed E-state index contributed by atoms with van der Waals surface area (Å²) in [5, 5.41) is 4.02. The third kappa shape index (κ3) is 6.84. The number of benzene rings is 1. The minimum absolute atomic E-state index is 0.160. The van der Waals surface area contributed by atoms with Crippen LogP contribution in [0.5, 0.6) is 0 Å². The predicted octanol–water partition coefficient (Wildman–Crippen LogP) is 1.82. The molecule has 0 unspecified atom stereocenters. The number of amides is 3. The van der Waals surface area contributed by atoms with Crippen molar-refractivity contribution >= 4 is 29.5 Å².